The Kier molecular flexibility index (Phi) is 4.50. The fraction of sp³-hybridized carbons (Fsp3) is 0.267. The Labute approximate surface area is 141 Å². The fourth-order valence-corrected chi connectivity index (χ4v) is 3.11. The van der Waals surface area contributed by atoms with Crippen LogP contribution in [0.1, 0.15) is 16.0 Å². The van der Waals surface area contributed by atoms with Crippen LogP contribution in [0.4, 0.5) is 26.3 Å². The van der Waals surface area contributed by atoms with Crippen molar-refractivity contribution in [1.82, 2.24) is 5.43 Å². The molecule has 0 saturated heterocycles. The van der Waals surface area contributed by atoms with Crippen molar-refractivity contribution in [3.63, 3.8) is 0 Å². The van der Waals surface area contributed by atoms with Crippen molar-refractivity contribution < 1.29 is 31.1 Å². The molecule has 0 bridgehead atoms. The zero-order chi connectivity index (χ0) is 18.2. The zero-order valence-corrected chi connectivity index (χ0v) is 13.1. The highest BCUT2D eigenvalue weighted by Crippen LogP contribution is 2.42. The number of rotatable bonds is 2. The Morgan fingerprint density at radius 2 is 1.76 bits per heavy atom. The Morgan fingerprint density at radius 1 is 1.00 bits per heavy atom. The Morgan fingerprint density at radius 3 is 2.32 bits per heavy atom. The second-order valence-corrected chi connectivity index (χ2v) is 6.08. The average molecular weight is 380 g/mol. The highest BCUT2D eigenvalue weighted by Gasteiger charge is 2.36. The number of thiophene rings is 1. The first-order chi connectivity index (χ1) is 11.7. The Balaban J connectivity index is 2.07. The number of halogens is 6. The summed E-state index contributed by atoms with van der Waals surface area (Å²) in [7, 11) is 0. The van der Waals surface area contributed by atoms with Crippen molar-refractivity contribution in [1.29, 1.82) is 0 Å². The van der Waals surface area contributed by atoms with Crippen LogP contribution in [0, 0.1) is 0 Å². The number of hydrazone groups is 1. The van der Waals surface area contributed by atoms with Gasteiger partial charge in [-0.05, 0) is 28.6 Å². The topological polar surface area (TPSA) is 33.6 Å². The van der Waals surface area contributed by atoms with E-state index in [-0.39, 0.29) is 35.7 Å². The van der Waals surface area contributed by atoms with E-state index in [2.05, 4.69) is 10.5 Å². The van der Waals surface area contributed by atoms with Gasteiger partial charge in [0.25, 0.3) is 0 Å². The first-order valence-corrected chi connectivity index (χ1v) is 7.79. The van der Waals surface area contributed by atoms with Gasteiger partial charge < -0.3 is 4.74 Å². The van der Waals surface area contributed by atoms with Crippen molar-refractivity contribution in [2.75, 3.05) is 13.3 Å². The second-order valence-electron chi connectivity index (χ2n) is 5.16. The summed E-state index contributed by atoms with van der Waals surface area (Å²) in [5.74, 6) is 0. The molecule has 134 valence electrons. The third-order valence-electron chi connectivity index (χ3n) is 3.47. The number of benzene rings is 1. The van der Waals surface area contributed by atoms with E-state index in [0.717, 1.165) is 23.6 Å². The molecule has 0 unspecified atom stereocenters. The maximum absolute atomic E-state index is 13.4. The van der Waals surface area contributed by atoms with Gasteiger partial charge in [0.15, 0.2) is 0 Å². The van der Waals surface area contributed by atoms with Crippen molar-refractivity contribution in [2.45, 2.75) is 12.4 Å². The normalized spacial score (nSPS) is 15.7. The molecular weight excluding hydrogens is 370 g/mol. The minimum Gasteiger partial charge on any atom is -0.353 e. The smallest absolute Gasteiger partial charge is 0.353 e. The maximum Gasteiger partial charge on any atom is 0.425 e. The molecule has 2 heterocycles. The van der Waals surface area contributed by atoms with Gasteiger partial charge in [-0.3, -0.25) is 5.43 Å². The molecule has 1 aliphatic rings. The lowest BCUT2D eigenvalue weighted by Crippen LogP contribution is -2.26. The minimum atomic E-state index is -4.73. The van der Waals surface area contributed by atoms with Crippen LogP contribution < -0.4 is 5.43 Å². The lowest BCUT2D eigenvalue weighted by atomic mass is 9.97. The number of hydrogen-bond donors (Lipinski definition) is 1. The third kappa shape index (κ3) is 3.79. The summed E-state index contributed by atoms with van der Waals surface area (Å²) < 4.78 is 83.5. The molecular formula is C15H10F6N2OS. The summed E-state index contributed by atoms with van der Waals surface area (Å²) in [5.41, 5.74) is 1.53. The molecule has 1 aromatic carbocycles. The van der Waals surface area contributed by atoms with Crippen molar-refractivity contribution >= 4 is 17.0 Å². The Hall–Kier alpha value is -2.07. The Bertz CT molecular complexity index is 809. The molecule has 0 atom stereocenters. The van der Waals surface area contributed by atoms with Crippen LogP contribution in [0.25, 0.3) is 11.1 Å². The third-order valence-corrected chi connectivity index (χ3v) is 4.44. The minimum absolute atomic E-state index is 0.0420. The molecule has 3 nitrogen and oxygen atoms in total. The van der Waals surface area contributed by atoms with Crippen molar-refractivity contribution in [3.8, 4) is 11.1 Å². The summed E-state index contributed by atoms with van der Waals surface area (Å²) in [6.07, 6.45) is -9.32. The van der Waals surface area contributed by atoms with Gasteiger partial charge in [0, 0.05) is 5.56 Å². The van der Waals surface area contributed by atoms with E-state index < -0.39 is 22.8 Å². The number of ether oxygens (including phenoxy) is 1. The van der Waals surface area contributed by atoms with E-state index in [1.54, 1.807) is 0 Å². The van der Waals surface area contributed by atoms with Crippen LogP contribution in [-0.4, -0.2) is 19.0 Å². The average Bonchev–Trinajstić information content (AvgIpc) is 3.04. The predicted molar refractivity (Wildman–Crippen MR) is 80.3 cm³/mol. The van der Waals surface area contributed by atoms with Crippen LogP contribution >= 0.6 is 11.3 Å². The summed E-state index contributed by atoms with van der Waals surface area (Å²) in [6.45, 7) is 0.198. The SMILES string of the molecule is FC(F)(F)c1cc(-c2ccc(C3=NNCOC3)cc2C(F)(F)F)cs1. The van der Waals surface area contributed by atoms with E-state index in [1.807, 2.05) is 0 Å². The quantitative estimate of drug-likeness (QED) is 0.764. The molecule has 0 aliphatic carbocycles. The number of nitrogens with one attached hydrogen (secondary N) is 1. The van der Waals surface area contributed by atoms with Gasteiger partial charge in [-0.15, -0.1) is 11.3 Å². The van der Waals surface area contributed by atoms with Gasteiger partial charge in [-0.1, -0.05) is 12.1 Å². The van der Waals surface area contributed by atoms with Crippen LogP contribution in [-0.2, 0) is 17.1 Å². The number of hydrogen-bond acceptors (Lipinski definition) is 4. The van der Waals surface area contributed by atoms with Crippen LogP contribution in [0.3, 0.4) is 0 Å². The van der Waals surface area contributed by atoms with Crippen molar-refractivity contribution in [3.05, 3.63) is 45.6 Å². The first-order valence-electron chi connectivity index (χ1n) is 6.91. The molecule has 1 N–H and O–H groups in total. The molecule has 25 heavy (non-hydrogen) atoms. The number of nitrogens with zero attached hydrogens (tertiary/aromatic N) is 1. The van der Waals surface area contributed by atoms with Gasteiger partial charge in [0.05, 0.1) is 17.9 Å². The fourth-order valence-electron chi connectivity index (χ4n) is 2.34. The molecule has 10 heteroatoms. The van der Waals surface area contributed by atoms with Crippen LogP contribution in [0.15, 0.2) is 34.7 Å². The van der Waals surface area contributed by atoms with Gasteiger partial charge >= 0.3 is 12.4 Å². The summed E-state index contributed by atoms with van der Waals surface area (Å²) in [5, 5.41) is 4.95. The molecule has 3 rings (SSSR count). The molecule has 0 saturated carbocycles. The highest BCUT2D eigenvalue weighted by molar-refractivity contribution is 7.10. The molecule has 0 radical (unpaired) electrons. The van der Waals surface area contributed by atoms with Gasteiger partial charge in [0.1, 0.15) is 11.6 Å². The highest BCUT2D eigenvalue weighted by atomic mass is 32.1. The largest absolute Gasteiger partial charge is 0.425 e. The van der Waals surface area contributed by atoms with Crippen molar-refractivity contribution in [2.24, 2.45) is 5.10 Å². The lowest BCUT2D eigenvalue weighted by molar-refractivity contribution is -0.137. The van der Waals surface area contributed by atoms with E-state index in [1.165, 1.54) is 6.07 Å². The van der Waals surface area contributed by atoms with E-state index in [4.69, 9.17) is 4.74 Å². The van der Waals surface area contributed by atoms with E-state index in [0.29, 0.717) is 11.3 Å². The molecule has 0 fully saturated rings. The molecule has 1 aromatic heterocycles. The van der Waals surface area contributed by atoms with E-state index in [9.17, 15) is 26.3 Å². The molecule has 1 aliphatic heterocycles. The molecule has 0 spiro atoms. The van der Waals surface area contributed by atoms with Crippen LogP contribution in [0.5, 0.6) is 0 Å². The van der Waals surface area contributed by atoms with Gasteiger partial charge in [0.2, 0.25) is 0 Å². The summed E-state index contributed by atoms with van der Waals surface area (Å²) in [6, 6.07) is 4.12. The monoisotopic (exact) mass is 380 g/mol. The maximum atomic E-state index is 13.4. The summed E-state index contributed by atoms with van der Waals surface area (Å²) in [4.78, 5) is -0.950. The number of alkyl halides is 6. The molecule has 2 aromatic rings. The lowest BCUT2D eigenvalue weighted by Gasteiger charge is -2.17. The first kappa shape index (κ1) is 17.7. The molecule has 0 amide bonds. The zero-order valence-electron chi connectivity index (χ0n) is 12.3. The van der Waals surface area contributed by atoms with Gasteiger partial charge in [-0.25, -0.2) is 0 Å². The predicted octanol–water partition coefficient (Wildman–Crippen LogP) is 4.73. The van der Waals surface area contributed by atoms with Gasteiger partial charge in [-0.2, -0.15) is 31.4 Å². The van der Waals surface area contributed by atoms with E-state index >= 15 is 0 Å². The van der Waals surface area contributed by atoms with Crippen LogP contribution in [0.2, 0.25) is 0 Å². The standard InChI is InChI=1S/C15H10F6N2OS/c16-14(17,18)11-3-8(12-5-24-7-22-23-12)1-2-10(11)9-4-13(25-6-9)15(19,20)21/h1-4,6,22H,5,7H2. The summed E-state index contributed by atoms with van der Waals surface area (Å²) >= 11 is 0.357. The second kappa shape index (κ2) is 6.34.